The van der Waals surface area contributed by atoms with Crippen molar-refractivity contribution in [1.29, 1.82) is 0 Å². The van der Waals surface area contributed by atoms with Gasteiger partial charge in [-0.25, -0.2) is 14.4 Å². The molecular weight excluding hydrogens is 396 g/mol. The molecule has 168 valence electrons. The molecule has 1 aromatic rings. The standard InChI is InChI=1S/C21H30O9/c1-20(2,10-23)12-29-17(25)14-5-6-15(16(9-14)19(27)28-8-7-22)18(26)30-13-21(3,4)11-24/h5-6,9,22-24H,7-8,10-13H2,1-4H3. The molecule has 0 unspecified atom stereocenters. The molecule has 0 heterocycles. The summed E-state index contributed by atoms with van der Waals surface area (Å²) in [5.41, 5.74) is -1.64. The molecule has 0 saturated carbocycles. The number of esters is 3. The fourth-order valence-corrected chi connectivity index (χ4v) is 2.01. The maximum absolute atomic E-state index is 12.5. The van der Waals surface area contributed by atoms with Gasteiger partial charge in [-0.3, -0.25) is 0 Å². The average Bonchev–Trinajstić information content (AvgIpc) is 2.73. The van der Waals surface area contributed by atoms with Gasteiger partial charge in [0.15, 0.2) is 0 Å². The largest absolute Gasteiger partial charge is 0.461 e. The number of carbonyl (C=O) groups excluding carboxylic acids is 3. The zero-order chi connectivity index (χ0) is 22.9. The van der Waals surface area contributed by atoms with Gasteiger partial charge in [-0.1, -0.05) is 27.7 Å². The van der Waals surface area contributed by atoms with Crippen LogP contribution in [0, 0.1) is 10.8 Å². The van der Waals surface area contributed by atoms with E-state index in [9.17, 15) is 24.6 Å². The van der Waals surface area contributed by atoms with E-state index < -0.39 is 35.3 Å². The Morgan fingerprint density at radius 1 is 0.767 bits per heavy atom. The third-order valence-electron chi connectivity index (χ3n) is 4.06. The fraction of sp³-hybridized carbons (Fsp3) is 0.571. The zero-order valence-corrected chi connectivity index (χ0v) is 17.8. The molecule has 1 rings (SSSR count). The van der Waals surface area contributed by atoms with E-state index in [0.29, 0.717) is 0 Å². The van der Waals surface area contributed by atoms with E-state index in [4.69, 9.17) is 19.3 Å². The van der Waals surface area contributed by atoms with Crippen LogP contribution in [-0.2, 0) is 14.2 Å². The van der Waals surface area contributed by atoms with Crippen molar-refractivity contribution in [3.8, 4) is 0 Å². The summed E-state index contributed by atoms with van der Waals surface area (Å²) in [6.07, 6.45) is 0. The van der Waals surface area contributed by atoms with Gasteiger partial charge in [0.05, 0.1) is 49.7 Å². The lowest BCUT2D eigenvalue weighted by molar-refractivity contribution is 0.0202. The first-order chi connectivity index (χ1) is 14.0. The molecule has 0 aliphatic carbocycles. The van der Waals surface area contributed by atoms with E-state index in [0.717, 1.165) is 6.07 Å². The van der Waals surface area contributed by atoms with Crippen LogP contribution in [0.2, 0.25) is 0 Å². The molecule has 0 radical (unpaired) electrons. The van der Waals surface area contributed by atoms with Gasteiger partial charge < -0.3 is 29.5 Å². The Labute approximate surface area is 175 Å². The molecular formula is C21H30O9. The highest BCUT2D eigenvalue weighted by Gasteiger charge is 2.26. The molecule has 9 nitrogen and oxygen atoms in total. The summed E-state index contributed by atoms with van der Waals surface area (Å²) in [4.78, 5) is 37.2. The fourth-order valence-electron chi connectivity index (χ4n) is 2.01. The summed E-state index contributed by atoms with van der Waals surface area (Å²) >= 11 is 0. The molecule has 0 fully saturated rings. The van der Waals surface area contributed by atoms with Gasteiger partial charge in [0, 0.05) is 10.8 Å². The molecule has 9 heteroatoms. The number of rotatable bonds is 11. The van der Waals surface area contributed by atoms with Gasteiger partial charge in [0.1, 0.15) is 6.61 Å². The SMILES string of the molecule is CC(C)(CO)COC(=O)c1ccc(C(=O)OCC(C)(C)CO)c(C(=O)OCCO)c1. The minimum absolute atomic E-state index is 0.00641. The monoisotopic (exact) mass is 426 g/mol. The van der Waals surface area contributed by atoms with E-state index in [1.165, 1.54) is 12.1 Å². The predicted molar refractivity (Wildman–Crippen MR) is 106 cm³/mol. The van der Waals surface area contributed by atoms with Crippen LogP contribution in [0.15, 0.2) is 18.2 Å². The van der Waals surface area contributed by atoms with Crippen molar-refractivity contribution in [2.24, 2.45) is 10.8 Å². The van der Waals surface area contributed by atoms with E-state index in [2.05, 4.69) is 0 Å². The average molecular weight is 426 g/mol. The minimum atomic E-state index is -0.914. The first-order valence-corrected chi connectivity index (χ1v) is 9.44. The van der Waals surface area contributed by atoms with Gasteiger partial charge >= 0.3 is 17.9 Å². The summed E-state index contributed by atoms with van der Waals surface area (Å²) in [5, 5.41) is 27.4. The smallest absolute Gasteiger partial charge is 0.339 e. The topological polar surface area (TPSA) is 140 Å². The molecule has 3 N–H and O–H groups in total. The Hall–Kier alpha value is -2.49. The van der Waals surface area contributed by atoms with Crippen molar-refractivity contribution in [3.63, 3.8) is 0 Å². The molecule has 0 aromatic heterocycles. The molecule has 0 spiro atoms. The third kappa shape index (κ3) is 7.74. The highest BCUT2D eigenvalue weighted by Crippen LogP contribution is 2.20. The van der Waals surface area contributed by atoms with Gasteiger partial charge in [0.2, 0.25) is 0 Å². The summed E-state index contributed by atoms with van der Waals surface area (Å²) in [7, 11) is 0. The van der Waals surface area contributed by atoms with Gasteiger partial charge in [-0.05, 0) is 18.2 Å². The van der Waals surface area contributed by atoms with Crippen LogP contribution in [0.3, 0.4) is 0 Å². The first kappa shape index (κ1) is 25.5. The number of ether oxygens (including phenoxy) is 3. The highest BCUT2D eigenvalue weighted by atomic mass is 16.5. The van der Waals surface area contributed by atoms with E-state index in [1.807, 2.05) is 0 Å². The quantitative estimate of drug-likeness (QED) is 0.351. The van der Waals surface area contributed by atoms with E-state index in [1.54, 1.807) is 27.7 Å². The van der Waals surface area contributed by atoms with Crippen LogP contribution in [0.4, 0.5) is 0 Å². The molecule has 0 saturated heterocycles. The number of aliphatic hydroxyl groups is 3. The van der Waals surface area contributed by atoms with Crippen molar-refractivity contribution < 1.29 is 43.9 Å². The number of benzene rings is 1. The van der Waals surface area contributed by atoms with Crippen LogP contribution in [0.1, 0.15) is 58.8 Å². The van der Waals surface area contributed by atoms with Crippen LogP contribution < -0.4 is 0 Å². The summed E-state index contributed by atoms with van der Waals surface area (Å²) < 4.78 is 15.2. The second kappa shape index (κ2) is 11.1. The first-order valence-electron chi connectivity index (χ1n) is 9.44. The molecule has 1 aromatic carbocycles. The Balaban J connectivity index is 3.12. The highest BCUT2D eigenvalue weighted by molar-refractivity contribution is 6.05. The molecule has 0 bridgehead atoms. The molecule has 0 atom stereocenters. The third-order valence-corrected chi connectivity index (χ3v) is 4.06. The zero-order valence-electron chi connectivity index (χ0n) is 17.8. The second-order valence-electron chi connectivity index (χ2n) is 8.42. The summed E-state index contributed by atoms with van der Waals surface area (Å²) in [6, 6.07) is 3.71. The Kier molecular flexibility index (Phi) is 9.41. The lowest BCUT2D eigenvalue weighted by atomic mass is 9.96. The van der Waals surface area contributed by atoms with Gasteiger partial charge in [0.25, 0.3) is 0 Å². The lowest BCUT2D eigenvalue weighted by Gasteiger charge is -2.21. The predicted octanol–water partition coefficient (Wildman–Crippen LogP) is 1.19. The Morgan fingerprint density at radius 2 is 1.27 bits per heavy atom. The Bertz CT molecular complexity index is 753. The van der Waals surface area contributed by atoms with Crippen molar-refractivity contribution in [2.75, 3.05) is 39.6 Å². The second-order valence-corrected chi connectivity index (χ2v) is 8.42. The van der Waals surface area contributed by atoms with Crippen LogP contribution >= 0.6 is 0 Å². The number of aliphatic hydroxyl groups excluding tert-OH is 3. The van der Waals surface area contributed by atoms with Gasteiger partial charge in [-0.15, -0.1) is 0 Å². The number of hydrogen-bond acceptors (Lipinski definition) is 9. The molecule has 0 aliphatic rings. The van der Waals surface area contributed by atoms with Crippen LogP contribution in [-0.4, -0.2) is 72.9 Å². The normalized spacial score (nSPS) is 11.7. The molecule has 0 aliphatic heterocycles. The van der Waals surface area contributed by atoms with E-state index in [-0.39, 0.29) is 49.7 Å². The van der Waals surface area contributed by atoms with Crippen molar-refractivity contribution in [2.45, 2.75) is 27.7 Å². The van der Waals surface area contributed by atoms with Crippen molar-refractivity contribution >= 4 is 17.9 Å². The summed E-state index contributed by atoms with van der Waals surface area (Å²) in [6.45, 7) is 5.59. The van der Waals surface area contributed by atoms with Crippen molar-refractivity contribution in [3.05, 3.63) is 34.9 Å². The maximum Gasteiger partial charge on any atom is 0.339 e. The van der Waals surface area contributed by atoms with Gasteiger partial charge in [-0.2, -0.15) is 0 Å². The maximum atomic E-state index is 12.5. The van der Waals surface area contributed by atoms with Crippen molar-refractivity contribution in [1.82, 2.24) is 0 Å². The summed E-state index contributed by atoms with van der Waals surface area (Å²) in [5.74, 6) is -2.48. The lowest BCUT2D eigenvalue weighted by Crippen LogP contribution is -2.27. The number of hydrogen-bond donors (Lipinski definition) is 3. The number of carbonyl (C=O) groups is 3. The minimum Gasteiger partial charge on any atom is -0.461 e. The van der Waals surface area contributed by atoms with Crippen LogP contribution in [0.25, 0.3) is 0 Å². The van der Waals surface area contributed by atoms with Crippen LogP contribution in [0.5, 0.6) is 0 Å². The van der Waals surface area contributed by atoms with E-state index >= 15 is 0 Å². The molecule has 0 amide bonds. The molecule has 30 heavy (non-hydrogen) atoms. The Morgan fingerprint density at radius 3 is 1.77 bits per heavy atom.